The molecule has 1 aromatic carbocycles. The van der Waals surface area contributed by atoms with Gasteiger partial charge in [-0.3, -0.25) is 0 Å². The number of benzene rings is 1. The van der Waals surface area contributed by atoms with Crippen molar-refractivity contribution in [2.75, 3.05) is 6.61 Å². The van der Waals surface area contributed by atoms with E-state index in [1.54, 1.807) is 26.8 Å². The predicted octanol–water partition coefficient (Wildman–Crippen LogP) is 4.08. The maximum atomic E-state index is 13.9. The average molecular weight is 370 g/mol. The summed E-state index contributed by atoms with van der Waals surface area (Å²) in [6, 6.07) is 9.18. The van der Waals surface area contributed by atoms with E-state index in [2.05, 4.69) is 0 Å². The van der Waals surface area contributed by atoms with Crippen LogP contribution in [0.4, 0.5) is 8.78 Å². The molecule has 1 aromatic rings. The average Bonchev–Trinajstić information content (AvgIpc) is 2.76. The highest BCUT2D eigenvalue weighted by molar-refractivity contribution is 5.18. The molecule has 0 amide bonds. The van der Waals surface area contributed by atoms with Gasteiger partial charge in [-0.15, -0.1) is 0 Å². The Balaban J connectivity index is 2.23. The van der Waals surface area contributed by atoms with Crippen LogP contribution in [0.2, 0.25) is 0 Å². The third kappa shape index (κ3) is 4.68. The number of aliphatic hydroxyl groups is 1. The van der Waals surface area contributed by atoms with Gasteiger partial charge in [-0.1, -0.05) is 42.0 Å². The van der Waals surface area contributed by atoms with Crippen LogP contribution in [-0.2, 0) is 20.8 Å². The van der Waals surface area contributed by atoms with Crippen molar-refractivity contribution >= 4 is 0 Å². The highest BCUT2D eigenvalue weighted by atomic mass is 19.3. The minimum absolute atomic E-state index is 0.117. The second-order valence-corrected chi connectivity index (χ2v) is 7.68. The molecule has 1 heterocycles. The van der Waals surface area contributed by atoms with Crippen LogP contribution in [0.1, 0.15) is 40.2 Å². The van der Waals surface area contributed by atoms with Crippen molar-refractivity contribution in [1.29, 1.82) is 0 Å². The van der Waals surface area contributed by atoms with E-state index in [-0.39, 0.29) is 6.61 Å². The molecule has 0 bridgehead atoms. The lowest BCUT2D eigenvalue weighted by Gasteiger charge is -2.38. The van der Waals surface area contributed by atoms with Gasteiger partial charge in [0, 0.05) is 0 Å². The van der Waals surface area contributed by atoms with Gasteiger partial charge in [-0.25, -0.2) is 8.78 Å². The van der Waals surface area contributed by atoms with Gasteiger partial charge in [0.15, 0.2) is 11.4 Å². The number of hydrogen-bond acceptors (Lipinski definition) is 4. The Bertz CT molecular complexity index is 628. The summed E-state index contributed by atoms with van der Waals surface area (Å²) in [5.41, 5.74) is -2.01. The van der Waals surface area contributed by atoms with Crippen LogP contribution >= 0.6 is 0 Å². The molecule has 0 aliphatic carbocycles. The lowest BCUT2D eigenvalue weighted by Crippen LogP contribution is -2.59. The molecule has 1 saturated heterocycles. The third-order valence-electron chi connectivity index (χ3n) is 4.24. The molecule has 0 unspecified atom stereocenters. The van der Waals surface area contributed by atoms with Gasteiger partial charge in [0.25, 0.3) is 6.43 Å². The molecule has 1 N–H and O–H groups in total. The molecule has 2 rings (SSSR count). The summed E-state index contributed by atoms with van der Waals surface area (Å²) in [5, 5.41) is 10.8. The second kappa shape index (κ2) is 7.72. The highest BCUT2D eigenvalue weighted by Crippen LogP contribution is 2.44. The standard InChI is InChI=1S/C20H28F2O4/c1-14(2)11-19(5)16(25-18(3,4)26-19)20(23,17(21)22)13-24-12-15-9-7-6-8-10-15/h6-11,16-17,23H,12-13H2,1-5H3/t16-,19-,20+/m0/s1. The van der Waals surface area contributed by atoms with Crippen LogP contribution in [0.3, 0.4) is 0 Å². The number of halogens is 2. The first-order valence-electron chi connectivity index (χ1n) is 8.65. The van der Waals surface area contributed by atoms with E-state index in [0.29, 0.717) is 0 Å². The molecule has 0 saturated carbocycles. The first-order chi connectivity index (χ1) is 12.0. The van der Waals surface area contributed by atoms with Crippen molar-refractivity contribution < 1.29 is 28.1 Å². The molecule has 3 atom stereocenters. The summed E-state index contributed by atoms with van der Waals surface area (Å²) in [5.74, 6) is -1.10. The molecule has 1 aliphatic rings. The summed E-state index contributed by atoms with van der Waals surface area (Å²) in [4.78, 5) is 0. The van der Waals surface area contributed by atoms with E-state index in [1.165, 1.54) is 0 Å². The topological polar surface area (TPSA) is 47.9 Å². The lowest BCUT2D eigenvalue weighted by molar-refractivity contribution is -0.221. The van der Waals surface area contributed by atoms with Gasteiger partial charge in [-0.05, 0) is 40.2 Å². The lowest BCUT2D eigenvalue weighted by atomic mass is 9.84. The fraction of sp³-hybridized carbons (Fsp3) is 0.600. The minimum atomic E-state index is -3.06. The molecule has 0 spiro atoms. The number of allylic oxidation sites excluding steroid dienone is 1. The Morgan fingerprint density at radius 3 is 2.42 bits per heavy atom. The fourth-order valence-corrected chi connectivity index (χ4v) is 3.44. The van der Waals surface area contributed by atoms with Gasteiger partial charge in [0.05, 0.1) is 13.2 Å². The van der Waals surface area contributed by atoms with Crippen LogP contribution in [0.15, 0.2) is 42.0 Å². The maximum absolute atomic E-state index is 13.9. The van der Waals surface area contributed by atoms with Gasteiger partial charge >= 0.3 is 0 Å². The van der Waals surface area contributed by atoms with Crippen LogP contribution in [0.25, 0.3) is 0 Å². The Hall–Kier alpha value is -1.34. The van der Waals surface area contributed by atoms with E-state index in [0.717, 1.165) is 11.1 Å². The van der Waals surface area contributed by atoms with Crippen molar-refractivity contribution in [3.05, 3.63) is 47.5 Å². The van der Waals surface area contributed by atoms with Gasteiger partial charge in [-0.2, -0.15) is 0 Å². The third-order valence-corrected chi connectivity index (χ3v) is 4.24. The highest BCUT2D eigenvalue weighted by Gasteiger charge is 2.61. The van der Waals surface area contributed by atoms with Crippen molar-refractivity contribution in [2.24, 2.45) is 0 Å². The molecule has 26 heavy (non-hydrogen) atoms. The van der Waals surface area contributed by atoms with Crippen LogP contribution < -0.4 is 0 Å². The monoisotopic (exact) mass is 370 g/mol. The van der Waals surface area contributed by atoms with Crippen LogP contribution in [0, 0.1) is 0 Å². The van der Waals surface area contributed by atoms with Crippen molar-refractivity contribution in [2.45, 2.75) is 70.7 Å². The Labute approximate surface area is 153 Å². The summed E-state index contributed by atoms with van der Waals surface area (Å²) < 4.78 is 44.8. The Morgan fingerprint density at radius 2 is 1.88 bits per heavy atom. The van der Waals surface area contributed by atoms with E-state index in [9.17, 15) is 13.9 Å². The molecule has 4 nitrogen and oxygen atoms in total. The molecular formula is C20H28F2O4. The molecular weight excluding hydrogens is 342 g/mol. The van der Waals surface area contributed by atoms with E-state index in [1.807, 2.05) is 44.2 Å². The van der Waals surface area contributed by atoms with Crippen LogP contribution in [-0.4, -0.2) is 41.2 Å². The Kier molecular flexibility index (Phi) is 6.23. The van der Waals surface area contributed by atoms with Crippen LogP contribution in [0.5, 0.6) is 0 Å². The van der Waals surface area contributed by atoms with Gasteiger partial charge in [0.1, 0.15) is 11.7 Å². The first-order valence-corrected chi connectivity index (χ1v) is 8.65. The number of ether oxygens (including phenoxy) is 3. The maximum Gasteiger partial charge on any atom is 0.271 e. The smallest absolute Gasteiger partial charge is 0.271 e. The fourth-order valence-electron chi connectivity index (χ4n) is 3.44. The van der Waals surface area contributed by atoms with Gasteiger partial charge < -0.3 is 19.3 Å². The van der Waals surface area contributed by atoms with E-state index >= 15 is 0 Å². The molecule has 1 aliphatic heterocycles. The molecule has 1 fully saturated rings. The zero-order valence-corrected chi connectivity index (χ0v) is 16.0. The molecule has 146 valence electrons. The number of hydrogen-bond donors (Lipinski definition) is 1. The summed E-state index contributed by atoms with van der Waals surface area (Å²) in [6.45, 7) is 8.14. The van der Waals surface area contributed by atoms with Crippen molar-refractivity contribution in [3.63, 3.8) is 0 Å². The van der Waals surface area contributed by atoms with Crippen molar-refractivity contribution in [3.8, 4) is 0 Å². The summed E-state index contributed by atoms with van der Waals surface area (Å²) >= 11 is 0. The zero-order valence-electron chi connectivity index (χ0n) is 16.0. The molecule has 6 heteroatoms. The second-order valence-electron chi connectivity index (χ2n) is 7.68. The minimum Gasteiger partial charge on any atom is -0.379 e. The van der Waals surface area contributed by atoms with Gasteiger partial charge in [0.2, 0.25) is 0 Å². The normalized spacial score (nSPS) is 27.3. The summed E-state index contributed by atoms with van der Waals surface area (Å²) in [6.07, 6.45) is -2.64. The summed E-state index contributed by atoms with van der Waals surface area (Å²) in [7, 11) is 0. The largest absolute Gasteiger partial charge is 0.379 e. The molecule has 0 aromatic heterocycles. The van der Waals surface area contributed by atoms with E-state index < -0.39 is 36.1 Å². The molecule has 0 radical (unpaired) electrons. The quantitative estimate of drug-likeness (QED) is 0.735. The van der Waals surface area contributed by atoms with Crippen molar-refractivity contribution in [1.82, 2.24) is 0 Å². The number of alkyl halides is 2. The zero-order chi connectivity index (χ0) is 19.6. The number of rotatable bonds is 7. The van der Waals surface area contributed by atoms with E-state index in [4.69, 9.17) is 14.2 Å². The first kappa shape index (κ1) is 21.0. The SMILES string of the molecule is CC(C)=C[C@]1(C)OC(C)(C)O[C@@H]1[C@](O)(COCc1ccccc1)C(F)F. The predicted molar refractivity (Wildman–Crippen MR) is 94.9 cm³/mol. The Morgan fingerprint density at radius 1 is 1.27 bits per heavy atom.